The van der Waals surface area contributed by atoms with Gasteiger partial charge < -0.3 is 19.8 Å². The molecule has 0 bridgehead atoms. The van der Waals surface area contributed by atoms with E-state index in [4.69, 9.17) is 4.74 Å². The van der Waals surface area contributed by atoms with E-state index in [1.165, 1.54) is 52.6 Å². The minimum Gasteiger partial charge on any atom is -0.478 e. The van der Waals surface area contributed by atoms with E-state index in [2.05, 4.69) is 20.8 Å². The first-order chi connectivity index (χ1) is 24.0. The van der Waals surface area contributed by atoms with Crippen LogP contribution in [0.2, 0.25) is 0 Å². The number of carbonyl (C=O) groups is 3. The van der Waals surface area contributed by atoms with Gasteiger partial charge in [0.05, 0.1) is 76.3 Å². The van der Waals surface area contributed by atoms with Gasteiger partial charge in [0, 0.05) is 25.7 Å². The number of benzene rings is 2. The second-order valence-corrected chi connectivity index (χ2v) is 11.2. The van der Waals surface area contributed by atoms with Crippen LogP contribution < -0.4 is 10.5 Å². The number of morpholine rings is 1. The molecule has 0 radical (unpaired) electrons. The van der Waals surface area contributed by atoms with E-state index in [0.717, 1.165) is 22.9 Å². The molecule has 1 saturated heterocycles. The fourth-order valence-electron chi connectivity index (χ4n) is 5.40. The number of carbonyl (C=O) groups excluding carboxylic acids is 1. The molecule has 2 aromatic carbocycles. The van der Waals surface area contributed by atoms with Crippen LogP contribution in [-0.4, -0.2) is 91.3 Å². The largest absolute Gasteiger partial charge is 0.478 e. The summed E-state index contributed by atoms with van der Waals surface area (Å²) in [6.07, 6.45) is -7.38. The number of nitrogens with zero attached hydrogens (tertiary/aromatic N) is 7. The molecule has 1 amide bonds. The van der Waals surface area contributed by atoms with E-state index in [1.807, 2.05) is 0 Å². The number of aromatic carboxylic acids is 2. The Morgan fingerprint density at radius 1 is 0.804 bits per heavy atom. The number of hydrazine groups is 2. The zero-order chi connectivity index (χ0) is 36.8. The highest BCUT2D eigenvalue weighted by atomic mass is 19.4. The predicted octanol–water partition coefficient (Wildman–Crippen LogP) is 4.41. The van der Waals surface area contributed by atoms with E-state index < -0.39 is 52.5 Å². The minimum atomic E-state index is -4.99. The molecule has 6 rings (SSSR count). The van der Waals surface area contributed by atoms with Crippen molar-refractivity contribution >= 4 is 29.2 Å². The number of anilines is 1. The molecule has 51 heavy (non-hydrogen) atoms. The molecule has 2 aliphatic rings. The lowest BCUT2D eigenvalue weighted by molar-refractivity contribution is -0.138. The normalized spacial score (nSPS) is 15.3. The number of hydrogen-bond donors (Lipinski definition) is 3. The Balaban J connectivity index is 1.42. The standard InChI is InChI=1S/C31H24F6N8O6/c1-42-26(15-45(41-42)18-3-5-20(29(49)50)22(13-18)31(35,36)37)24-11-16(27(46)43-6-8-51-9-7-43)10-23(38-24)25-14-44(40-39-25)17-2-4-19(28(47)48)21(12-17)30(32,33)34/h2-5,10-15,41H,6-9H2,1H3,(H,47,48)(H,49,50). The fraction of sp³-hybridized carbons (Fsp3) is 0.226. The Labute approximate surface area is 282 Å². The highest BCUT2D eigenvalue weighted by Gasteiger charge is 2.37. The van der Waals surface area contributed by atoms with Crippen LogP contribution in [0.3, 0.4) is 0 Å². The number of carboxylic acid groups (broad SMARTS) is 2. The third-order valence-electron chi connectivity index (χ3n) is 7.88. The zero-order valence-electron chi connectivity index (χ0n) is 26.0. The maximum absolute atomic E-state index is 13.7. The van der Waals surface area contributed by atoms with Crippen molar-refractivity contribution in [2.24, 2.45) is 0 Å². The van der Waals surface area contributed by atoms with Crippen LogP contribution in [-0.2, 0) is 17.1 Å². The topological polar surface area (TPSA) is 166 Å². The first-order valence-corrected chi connectivity index (χ1v) is 14.7. The Bertz CT molecular complexity index is 2080. The van der Waals surface area contributed by atoms with Crippen LogP contribution >= 0.6 is 0 Å². The van der Waals surface area contributed by atoms with Crippen molar-refractivity contribution in [3.8, 4) is 17.1 Å². The average molecular weight is 719 g/mol. The molecule has 0 saturated carbocycles. The van der Waals surface area contributed by atoms with Gasteiger partial charge in [-0.2, -0.15) is 26.3 Å². The second-order valence-electron chi connectivity index (χ2n) is 11.2. The maximum Gasteiger partial charge on any atom is 0.417 e. The lowest BCUT2D eigenvalue weighted by Crippen LogP contribution is -2.40. The smallest absolute Gasteiger partial charge is 0.417 e. The summed E-state index contributed by atoms with van der Waals surface area (Å²) in [6, 6.07) is 7.98. The van der Waals surface area contributed by atoms with Gasteiger partial charge in [-0.05, 0) is 48.5 Å². The van der Waals surface area contributed by atoms with Gasteiger partial charge in [0.15, 0.2) is 0 Å². The monoisotopic (exact) mass is 718 g/mol. The van der Waals surface area contributed by atoms with Crippen molar-refractivity contribution in [2.45, 2.75) is 12.4 Å². The van der Waals surface area contributed by atoms with Gasteiger partial charge in [-0.15, -0.1) is 10.6 Å². The Kier molecular flexibility index (Phi) is 8.89. The van der Waals surface area contributed by atoms with Crippen LogP contribution in [0.4, 0.5) is 32.0 Å². The summed E-state index contributed by atoms with van der Waals surface area (Å²) in [6.45, 7) is 1.14. The van der Waals surface area contributed by atoms with Gasteiger partial charge >= 0.3 is 24.3 Å². The van der Waals surface area contributed by atoms with Crippen LogP contribution in [0.1, 0.15) is 47.9 Å². The second kappa shape index (κ2) is 13.0. The zero-order valence-corrected chi connectivity index (χ0v) is 26.0. The van der Waals surface area contributed by atoms with E-state index in [1.54, 1.807) is 0 Å². The quantitative estimate of drug-likeness (QED) is 0.231. The number of nitrogens with one attached hydrogen (secondary N) is 1. The Hall–Kier alpha value is -6.02. The molecule has 0 spiro atoms. The minimum absolute atomic E-state index is 0.00823. The van der Waals surface area contributed by atoms with Crippen LogP contribution in [0.5, 0.6) is 0 Å². The number of rotatable bonds is 7. The molecule has 3 N–H and O–H groups in total. The fourth-order valence-corrected chi connectivity index (χ4v) is 5.40. The summed E-state index contributed by atoms with van der Waals surface area (Å²) in [7, 11) is 1.51. The van der Waals surface area contributed by atoms with E-state index in [0.29, 0.717) is 25.3 Å². The number of amides is 1. The lowest BCUT2D eigenvalue weighted by atomic mass is 10.1. The van der Waals surface area contributed by atoms with Crippen molar-refractivity contribution in [1.82, 2.24) is 35.4 Å². The summed E-state index contributed by atoms with van der Waals surface area (Å²) in [4.78, 5) is 42.6. The van der Waals surface area contributed by atoms with Gasteiger partial charge in [-0.3, -0.25) is 14.8 Å². The summed E-state index contributed by atoms with van der Waals surface area (Å²) < 4.78 is 88.5. The number of hydrogen-bond acceptors (Lipinski definition) is 10. The molecular formula is C31H24F6N8O6. The molecule has 1 fully saturated rings. The molecule has 0 atom stereocenters. The lowest BCUT2D eigenvalue weighted by Gasteiger charge is -2.27. The van der Waals surface area contributed by atoms with E-state index in [9.17, 15) is 50.9 Å². The molecule has 4 aromatic rings. The molecule has 2 aliphatic heterocycles. The van der Waals surface area contributed by atoms with Crippen molar-refractivity contribution in [2.75, 3.05) is 38.4 Å². The van der Waals surface area contributed by atoms with Crippen LogP contribution in [0.25, 0.3) is 22.8 Å². The highest BCUT2D eigenvalue weighted by molar-refractivity contribution is 5.96. The van der Waals surface area contributed by atoms with Gasteiger partial charge in [0.1, 0.15) is 5.69 Å². The maximum atomic E-state index is 13.7. The van der Waals surface area contributed by atoms with Gasteiger partial charge in [0.25, 0.3) is 5.91 Å². The molecule has 14 nitrogen and oxygen atoms in total. The number of pyridine rings is 1. The first-order valence-electron chi connectivity index (χ1n) is 14.7. The molecule has 266 valence electrons. The molecule has 4 heterocycles. The molecule has 20 heteroatoms. The van der Waals surface area contributed by atoms with E-state index >= 15 is 0 Å². The molecule has 2 aromatic heterocycles. The summed E-state index contributed by atoms with van der Waals surface area (Å²) in [5.74, 6) is -3.95. The SMILES string of the molecule is CN1NN(c2ccc(C(=O)O)c(C(F)(F)F)c2)C=C1c1cc(C(=O)N2CCOCC2)cc(-c2cn(-c3ccc(C(=O)O)c(C(F)(F)F)c3)nn2)n1. The van der Waals surface area contributed by atoms with Gasteiger partial charge in [-0.25, -0.2) is 19.3 Å². The Morgan fingerprint density at radius 2 is 1.37 bits per heavy atom. The van der Waals surface area contributed by atoms with Crippen LogP contribution in [0, 0.1) is 0 Å². The predicted molar refractivity (Wildman–Crippen MR) is 163 cm³/mol. The number of carboxylic acids is 2. The molecule has 0 unspecified atom stereocenters. The Morgan fingerprint density at radius 3 is 1.96 bits per heavy atom. The van der Waals surface area contributed by atoms with Crippen molar-refractivity contribution < 1.29 is 55.7 Å². The first kappa shape index (κ1) is 34.8. The number of alkyl halides is 6. The summed E-state index contributed by atoms with van der Waals surface area (Å²) in [5.41, 5.74) is -1.57. The number of aromatic nitrogens is 4. The van der Waals surface area contributed by atoms with Crippen molar-refractivity contribution in [3.05, 3.63) is 94.4 Å². The van der Waals surface area contributed by atoms with Crippen LogP contribution in [0.15, 0.2) is 60.9 Å². The molecular weight excluding hydrogens is 694 g/mol. The highest BCUT2D eigenvalue weighted by Crippen LogP contribution is 2.37. The third-order valence-corrected chi connectivity index (χ3v) is 7.88. The van der Waals surface area contributed by atoms with Gasteiger partial charge in [-0.1, -0.05) is 5.21 Å². The summed E-state index contributed by atoms with van der Waals surface area (Å²) >= 11 is 0. The number of halogens is 6. The number of ether oxygens (including phenoxy) is 1. The van der Waals surface area contributed by atoms with E-state index in [-0.39, 0.29) is 52.8 Å². The van der Waals surface area contributed by atoms with Gasteiger partial charge in [0.2, 0.25) is 0 Å². The van der Waals surface area contributed by atoms with Crippen molar-refractivity contribution in [1.29, 1.82) is 0 Å². The summed E-state index contributed by atoms with van der Waals surface area (Å²) in [5, 5.41) is 29.0. The third kappa shape index (κ3) is 7.03. The molecule has 0 aliphatic carbocycles. The average Bonchev–Trinajstić information content (AvgIpc) is 3.74. The van der Waals surface area contributed by atoms with Crippen molar-refractivity contribution in [3.63, 3.8) is 0 Å².